The second-order valence-corrected chi connectivity index (χ2v) is 6.24. The Labute approximate surface area is 121 Å². The number of hydrogen-bond acceptors (Lipinski definition) is 3. The molecule has 2 aliphatic rings. The lowest BCUT2D eigenvalue weighted by atomic mass is 9.92. The minimum atomic E-state index is -0.344. The van der Waals surface area contributed by atoms with Gasteiger partial charge in [-0.1, -0.05) is 6.08 Å². The molecular formula is C14H19BrN2O2. The maximum Gasteiger partial charge on any atom is 0.172 e. The van der Waals surface area contributed by atoms with Gasteiger partial charge in [0.2, 0.25) is 0 Å². The normalized spacial score (nSPS) is 22.2. The zero-order chi connectivity index (χ0) is 13.5. The fourth-order valence-corrected chi connectivity index (χ4v) is 3.19. The third-order valence-electron chi connectivity index (χ3n) is 3.77. The van der Waals surface area contributed by atoms with Gasteiger partial charge in [-0.2, -0.15) is 5.10 Å². The van der Waals surface area contributed by atoms with E-state index in [-0.39, 0.29) is 5.79 Å². The Morgan fingerprint density at radius 1 is 1.37 bits per heavy atom. The Balaban J connectivity index is 1.86. The number of allylic oxidation sites excluding steroid dienone is 1. The zero-order valence-electron chi connectivity index (χ0n) is 11.4. The van der Waals surface area contributed by atoms with Crippen molar-refractivity contribution in [1.82, 2.24) is 9.78 Å². The van der Waals surface area contributed by atoms with Gasteiger partial charge in [-0.25, -0.2) is 0 Å². The van der Waals surface area contributed by atoms with Crippen LogP contribution in [-0.4, -0.2) is 28.8 Å². The molecule has 3 rings (SSSR count). The van der Waals surface area contributed by atoms with Gasteiger partial charge in [-0.05, 0) is 47.8 Å². The maximum atomic E-state index is 5.75. The van der Waals surface area contributed by atoms with E-state index in [4.69, 9.17) is 9.47 Å². The number of hydrogen-bond donors (Lipinski definition) is 0. The third kappa shape index (κ3) is 2.51. The largest absolute Gasteiger partial charge is 0.347 e. The van der Waals surface area contributed by atoms with Crippen LogP contribution in [0.25, 0.3) is 5.57 Å². The fraction of sp³-hybridized carbons (Fsp3) is 0.643. The van der Waals surface area contributed by atoms with Gasteiger partial charge in [0, 0.05) is 18.9 Å². The summed E-state index contributed by atoms with van der Waals surface area (Å²) in [5.74, 6) is -0.344. The molecule has 1 spiro atoms. The molecule has 104 valence electrons. The van der Waals surface area contributed by atoms with Crippen LogP contribution in [0.15, 0.2) is 16.7 Å². The van der Waals surface area contributed by atoms with Crippen molar-refractivity contribution in [3.8, 4) is 0 Å². The zero-order valence-corrected chi connectivity index (χ0v) is 12.9. The van der Waals surface area contributed by atoms with E-state index in [2.05, 4.69) is 51.7 Å². The van der Waals surface area contributed by atoms with E-state index < -0.39 is 0 Å². The lowest BCUT2D eigenvalue weighted by Gasteiger charge is -2.30. The lowest BCUT2D eigenvalue weighted by Crippen LogP contribution is -2.31. The van der Waals surface area contributed by atoms with Crippen molar-refractivity contribution in [2.24, 2.45) is 0 Å². The first-order valence-corrected chi connectivity index (χ1v) is 7.61. The highest BCUT2D eigenvalue weighted by Gasteiger charge is 2.38. The number of aromatic nitrogens is 2. The lowest BCUT2D eigenvalue weighted by molar-refractivity contribution is -0.159. The number of ether oxygens (including phenoxy) is 2. The topological polar surface area (TPSA) is 36.3 Å². The molecule has 0 saturated carbocycles. The molecule has 1 aromatic rings. The molecule has 2 heterocycles. The number of rotatable bonds is 2. The van der Waals surface area contributed by atoms with E-state index >= 15 is 0 Å². The molecular weight excluding hydrogens is 308 g/mol. The fourth-order valence-electron chi connectivity index (χ4n) is 2.80. The van der Waals surface area contributed by atoms with Crippen LogP contribution in [0.1, 0.15) is 44.8 Å². The molecule has 0 N–H and O–H groups in total. The summed E-state index contributed by atoms with van der Waals surface area (Å²) in [6, 6.07) is 2.46. The highest BCUT2D eigenvalue weighted by molar-refractivity contribution is 9.10. The van der Waals surface area contributed by atoms with Crippen molar-refractivity contribution < 1.29 is 9.47 Å². The van der Waals surface area contributed by atoms with E-state index in [1.807, 2.05) is 0 Å². The average Bonchev–Trinajstić information content (AvgIpc) is 2.98. The first-order valence-electron chi connectivity index (χ1n) is 6.82. The van der Waals surface area contributed by atoms with E-state index in [9.17, 15) is 0 Å². The van der Waals surface area contributed by atoms with Crippen molar-refractivity contribution in [2.75, 3.05) is 13.2 Å². The summed E-state index contributed by atoms with van der Waals surface area (Å²) in [6.45, 7) is 5.74. The van der Waals surface area contributed by atoms with Crippen LogP contribution in [0.2, 0.25) is 0 Å². The highest BCUT2D eigenvalue weighted by Crippen LogP contribution is 2.39. The molecule has 0 radical (unpaired) electrons. The summed E-state index contributed by atoms with van der Waals surface area (Å²) >= 11 is 3.47. The predicted molar refractivity (Wildman–Crippen MR) is 76.8 cm³/mol. The summed E-state index contributed by atoms with van der Waals surface area (Å²) < 4.78 is 14.5. The molecule has 0 bridgehead atoms. The van der Waals surface area contributed by atoms with Crippen LogP contribution in [-0.2, 0) is 9.47 Å². The van der Waals surface area contributed by atoms with Crippen LogP contribution >= 0.6 is 15.9 Å². The third-order valence-corrected chi connectivity index (χ3v) is 4.16. The second kappa shape index (κ2) is 5.04. The quantitative estimate of drug-likeness (QED) is 0.834. The monoisotopic (exact) mass is 326 g/mol. The summed E-state index contributed by atoms with van der Waals surface area (Å²) in [5.41, 5.74) is 2.55. The molecule has 4 nitrogen and oxygen atoms in total. The predicted octanol–water partition coefficient (Wildman–Crippen LogP) is 3.54. The molecule has 0 aromatic carbocycles. The van der Waals surface area contributed by atoms with Crippen LogP contribution in [0, 0.1) is 0 Å². The van der Waals surface area contributed by atoms with Crippen LogP contribution in [0.3, 0.4) is 0 Å². The van der Waals surface area contributed by atoms with Crippen LogP contribution in [0.5, 0.6) is 0 Å². The van der Waals surface area contributed by atoms with Crippen LogP contribution in [0.4, 0.5) is 0 Å². The number of nitrogens with zero attached hydrogens (tertiary/aromatic N) is 2. The first kappa shape index (κ1) is 13.3. The van der Waals surface area contributed by atoms with Crippen molar-refractivity contribution in [2.45, 2.75) is 44.9 Å². The minimum Gasteiger partial charge on any atom is -0.347 e. The van der Waals surface area contributed by atoms with Gasteiger partial charge in [0.25, 0.3) is 0 Å². The van der Waals surface area contributed by atoms with E-state index in [0.29, 0.717) is 6.04 Å². The molecule has 0 unspecified atom stereocenters. The Hall–Kier alpha value is -0.650. The van der Waals surface area contributed by atoms with E-state index in [1.165, 1.54) is 11.3 Å². The Kier molecular flexibility index (Phi) is 3.53. The van der Waals surface area contributed by atoms with Gasteiger partial charge < -0.3 is 9.47 Å². The Bertz CT molecular complexity index is 502. The molecule has 1 aliphatic heterocycles. The molecule has 5 heteroatoms. The molecule has 0 atom stereocenters. The van der Waals surface area contributed by atoms with E-state index in [0.717, 1.165) is 37.1 Å². The van der Waals surface area contributed by atoms with Crippen molar-refractivity contribution in [3.63, 3.8) is 0 Å². The summed E-state index contributed by atoms with van der Waals surface area (Å²) in [6.07, 6.45) is 4.99. The highest BCUT2D eigenvalue weighted by atomic mass is 79.9. The summed E-state index contributed by atoms with van der Waals surface area (Å²) in [5, 5.41) is 4.50. The summed E-state index contributed by atoms with van der Waals surface area (Å²) in [7, 11) is 0. The number of halogens is 1. The second-order valence-electron chi connectivity index (χ2n) is 5.43. The van der Waals surface area contributed by atoms with Gasteiger partial charge in [-0.15, -0.1) is 0 Å². The molecule has 0 amide bonds. The molecule has 1 aliphatic carbocycles. The Morgan fingerprint density at radius 2 is 2.11 bits per heavy atom. The average molecular weight is 327 g/mol. The molecule has 1 aromatic heterocycles. The van der Waals surface area contributed by atoms with Crippen molar-refractivity contribution >= 4 is 21.5 Å². The molecule has 1 saturated heterocycles. The van der Waals surface area contributed by atoms with Gasteiger partial charge >= 0.3 is 0 Å². The Morgan fingerprint density at radius 3 is 2.68 bits per heavy atom. The van der Waals surface area contributed by atoms with E-state index in [1.54, 1.807) is 0 Å². The van der Waals surface area contributed by atoms with Crippen molar-refractivity contribution in [1.29, 1.82) is 0 Å². The van der Waals surface area contributed by atoms with Crippen molar-refractivity contribution in [3.05, 3.63) is 22.4 Å². The summed E-state index contributed by atoms with van der Waals surface area (Å²) in [4.78, 5) is 0. The maximum absolute atomic E-state index is 5.75. The van der Waals surface area contributed by atoms with Gasteiger partial charge in [-0.3, -0.25) is 4.68 Å². The standard InChI is InChI=1S/C14H19BrN2O2/c1-10(2)17-12(9-13(15)16-17)11-3-5-14(6-4-11)18-7-8-19-14/h3,9-10H,4-8H2,1-2H3. The molecule has 19 heavy (non-hydrogen) atoms. The smallest absolute Gasteiger partial charge is 0.172 e. The van der Waals surface area contributed by atoms with Gasteiger partial charge in [0.15, 0.2) is 5.79 Å². The van der Waals surface area contributed by atoms with Gasteiger partial charge in [0.05, 0.1) is 18.9 Å². The molecule has 1 fully saturated rings. The van der Waals surface area contributed by atoms with Crippen LogP contribution < -0.4 is 0 Å². The minimum absolute atomic E-state index is 0.344. The van der Waals surface area contributed by atoms with Gasteiger partial charge in [0.1, 0.15) is 4.60 Å². The SMILES string of the molecule is CC(C)n1nc(Br)cc1C1=CCC2(CC1)OCCO2. The first-order chi connectivity index (χ1) is 9.10.